The van der Waals surface area contributed by atoms with Gasteiger partial charge in [0.2, 0.25) is 0 Å². The van der Waals surface area contributed by atoms with E-state index in [0.717, 1.165) is 0 Å². The standard InChI is InChI=1S/C24H25FO6/c1-3-12-28-20(26)14-30-23-16-8-5-6-9-17(16)24(31-15-21(27)29-13-4-2)22-18(23)10-7-11-19(22)25/h5-11H,3-4,12-15H2,1-2H3. The minimum atomic E-state index is -0.533. The van der Waals surface area contributed by atoms with Crippen molar-refractivity contribution >= 4 is 33.5 Å². The molecular formula is C24H25FO6. The molecule has 0 N–H and O–H groups in total. The molecule has 164 valence electrons. The molecule has 0 amide bonds. The maximum absolute atomic E-state index is 14.9. The maximum atomic E-state index is 14.9. The summed E-state index contributed by atoms with van der Waals surface area (Å²) < 4.78 is 36.6. The molecule has 0 fully saturated rings. The maximum Gasteiger partial charge on any atom is 0.344 e. The molecular weight excluding hydrogens is 403 g/mol. The number of fused-ring (bicyclic) bond motifs is 2. The number of carbonyl (C=O) groups is 2. The molecule has 0 saturated carbocycles. The molecule has 3 rings (SSSR count). The van der Waals surface area contributed by atoms with Gasteiger partial charge in [-0.05, 0) is 18.9 Å². The number of hydrogen-bond donors (Lipinski definition) is 0. The van der Waals surface area contributed by atoms with Crippen LogP contribution >= 0.6 is 0 Å². The van der Waals surface area contributed by atoms with Crippen LogP contribution in [0.25, 0.3) is 21.5 Å². The van der Waals surface area contributed by atoms with Crippen LogP contribution in [-0.2, 0) is 19.1 Å². The lowest BCUT2D eigenvalue weighted by Crippen LogP contribution is -2.16. The Morgan fingerprint density at radius 3 is 1.84 bits per heavy atom. The van der Waals surface area contributed by atoms with Crippen molar-refractivity contribution in [1.82, 2.24) is 0 Å². The molecule has 3 aromatic rings. The fraction of sp³-hybridized carbons (Fsp3) is 0.333. The first-order valence-electron chi connectivity index (χ1n) is 10.3. The van der Waals surface area contributed by atoms with E-state index >= 15 is 0 Å². The Morgan fingerprint density at radius 2 is 1.26 bits per heavy atom. The third kappa shape index (κ3) is 5.23. The first-order chi connectivity index (χ1) is 15.1. The van der Waals surface area contributed by atoms with E-state index in [1.165, 1.54) is 6.07 Å². The third-order valence-electron chi connectivity index (χ3n) is 4.50. The predicted molar refractivity (Wildman–Crippen MR) is 115 cm³/mol. The highest BCUT2D eigenvalue weighted by Crippen LogP contribution is 2.43. The van der Waals surface area contributed by atoms with Crippen LogP contribution in [0.2, 0.25) is 0 Å². The molecule has 0 aliphatic heterocycles. The minimum Gasteiger partial charge on any atom is -0.481 e. The van der Waals surface area contributed by atoms with Gasteiger partial charge < -0.3 is 18.9 Å². The van der Waals surface area contributed by atoms with E-state index in [4.69, 9.17) is 18.9 Å². The highest BCUT2D eigenvalue weighted by molar-refractivity contribution is 6.11. The Kier molecular flexibility index (Phi) is 7.65. The van der Waals surface area contributed by atoms with Gasteiger partial charge in [0.05, 0.1) is 18.6 Å². The molecule has 0 spiro atoms. The van der Waals surface area contributed by atoms with E-state index in [0.29, 0.717) is 48.0 Å². The predicted octanol–water partition coefficient (Wildman–Crippen LogP) is 4.80. The number of rotatable bonds is 10. The Morgan fingerprint density at radius 1 is 0.742 bits per heavy atom. The second kappa shape index (κ2) is 10.6. The second-order valence-corrected chi connectivity index (χ2v) is 6.88. The highest BCUT2D eigenvalue weighted by atomic mass is 19.1. The van der Waals surface area contributed by atoms with E-state index in [-0.39, 0.29) is 24.3 Å². The summed E-state index contributed by atoms with van der Waals surface area (Å²) in [5, 5.41) is 1.78. The fourth-order valence-corrected chi connectivity index (χ4v) is 3.19. The average Bonchev–Trinajstić information content (AvgIpc) is 2.78. The lowest BCUT2D eigenvalue weighted by Gasteiger charge is -2.17. The van der Waals surface area contributed by atoms with Crippen LogP contribution < -0.4 is 9.47 Å². The monoisotopic (exact) mass is 428 g/mol. The second-order valence-electron chi connectivity index (χ2n) is 6.88. The molecule has 0 unspecified atom stereocenters. The van der Waals surface area contributed by atoms with E-state index < -0.39 is 17.8 Å². The normalized spacial score (nSPS) is 10.8. The van der Waals surface area contributed by atoms with Crippen molar-refractivity contribution in [3.8, 4) is 11.5 Å². The molecule has 0 radical (unpaired) electrons. The summed E-state index contributed by atoms with van der Waals surface area (Å²) in [4.78, 5) is 23.9. The van der Waals surface area contributed by atoms with Crippen molar-refractivity contribution in [2.24, 2.45) is 0 Å². The van der Waals surface area contributed by atoms with Gasteiger partial charge >= 0.3 is 11.9 Å². The molecule has 0 aliphatic rings. The average molecular weight is 428 g/mol. The molecule has 6 nitrogen and oxygen atoms in total. The van der Waals surface area contributed by atoms with Gasteiger partial charge in [-0.2, -0.15) is 0 Å². The van der Waals surface area contributed by atoms with Gasteiger partial charge in [-0.25, -0.2) is 14.0 Å². The Labute approximate surface area is 179 Å². The Bertz CT molecular complexity index is 1080. The van der Waals surface area contributed by atoms with Gasteiger partial charge in [-0.1, -0.05) is 50.2 Å². The number of ether oxygens (including phenoxy) is 4. The van der Waals surface area contributed by atoms with Crippen molar-refractivity contribution < 1.29 is 32.9 Å². The van der Waals surface area contributed by atoms with Gasteiger partial charge in [0.15, 0.2) is 13.2 Å². The molecule has 0 heterocycles. The smallest absolute Gasteiger partial charge is 0.344 e. The molecule has 0 bridgehead atoms. The summed E-state index contributed by atoms with van der Waals surface area (Å²) >= 11 is 0. The number of hydrogen-bond acceptors (Lipinski definition) is 6. The lowest BCUT2D eigenvalue weighted by atomic mass is 10.00. The Hall–Kier alpha value is -3.35. The summed E-state index contributed by atoms with van der Waals surface area (Å²) in [6, 6.07) is 11.6. The topological polar surface area (TPSA) is 71.1 Å². The number of halogens is 1. The SMILES string of the molecule is CCCOC(=O)COc1c2ccccc2c(OCC(=O)OCCC)c2c(F)cccc12. The van der Waals surface area contributed by atoms with E-state index in [9.17, 15) is 14.0 Å². The zero-order valence-electron chi connectivity index (χ0n) is 17.6. The van der Waals surface area contributed by atoms with Gasteiger partial charge in [-0.3, -0.25) is 0 Å². The van der Waals surface area contributed by atoms with Gasteiger partial charge in [0.1, 0.15) is 17.3 Å². The van der Waals surface area contributed by atoms with Crippen molar-refractivity contribution in [3.63, 3.8) is 0 Å². The van der Waals surface area contributed by atoms with Crippen molar-refractivity contribution in [2.45, 2.75) is 26.7 Å². The van der Waals surface area contributed by atoms with Crippen LogP contribution in [0.1, 0.15) is 26.7 Å². The van der Waals surface area contributed by atoms with E-state index in [1.54, 1.807) is 36.4 Å². The molecule has 0 aliphatic carbocycles. The highest BCUT2D eigenvalue weighted by Gasteiger charge is 2.20. The third-order valence-corrected chi connectivity index (χ3v) is 4.50. The summed E-state index contributed by atoms with van der Waals surface area (Å²) in [5.74, 6) is -1.000. The largest absolute Gasteiger partial charge is 0.481 e. The first kappa shape index (κ1) is 22.3. The Balaban J connectivity index is 2.04. The molecule has 7 heteroatoms. The zero-order valence-corrected chi connectivity index (χ0v) is 17.6. The van der Waals surface area contributed by atoms with Crippen molar-refractivity contribution in [2.75, 3.05) is 26.4 Å². The first-order valence-corrected chi connectivity index (χ1v) is 10.3. The van der Waals surface area contributed by atoms with Gasteiger partial charge in [0.25, 0.3) is 0 Å². The van der Waals surface area contributed by atoms with Crippen LogP contribution in [-0.4, -0.2) is 38.4 Å². The van der Waals surface area contributed by atoms with Gasteiger partial charge in [0, 0.05) is 16.2 Å². The van der Waals surface area contributed by atoms with Crippen LogP contribution in [0.3, 0.4) is 0 Å². The van der Waals surface area contributed by atoms with Crippen LogP contribution in [0.5, 0.6) is 11.5 Å². The molecule has 0 saturated heterocycles. The molecule has 3 aromatic carbocycles. The summed E-state index contributed by atoms with van der Waals surface area (Å²) in [7, 11) is 0. The summed E-state index contributed by atoms with van der Waals surface area (Å²) in [5.41, 5.74) is 0. The van der Waals surface area contributed by atoms with Crippen molar-refractivity contribution in [1.29, 1.82) is 0 Å². The van der Waals surface area contributed by atoms with Crippen LogP contribution in [0.15, 0.2) is 42.5 Å². The number of carbonyl (C=O) groups excluding carboxylic acids is 2. The number of benzene rings is 3. The summed E-state index contributed by atoms with van der Waals surface area (Å²) in [6.45, 7) is 3.73. The quantitative estimate of drug-likeness (QED) is 0.341. The molecule has 31 heavy (non-hydrogen) atoms. The van der Waals surface area contributed by atoms with Gasteiger partial charge in [-0.15, -0.1) is 0 Å². The lowest BCUT2D eigenvalue weighted by molar-refractivity contribution is -0.146. The minimum absolute atomic E-state index is 0.168. The molecule has 0 atom stereocenters. The van der Waals surface area contributed by atoms with Crippen LogP contribution in [0, 0.1) is 5.82 Å². The zero-order chi connectivity index (χ0) is 22.2. The van der Waals surface area contributed by atoms with Crippen LogP contribution in [0.4, 0.5) is 4.39 Å². The van der Waals surface area contributed by atoms with E-state index in [2.05, 4.69) is 0 Å². The van der Waals surface area contributed by atoms with E-state index in [1.807, 2.05) is 13.8 Å². The summed E-state index contributed by atoms with van der Waals surface area (Å²) in [6.07, 6.45) is 1.40. The fourth-order valence-electron chi connectivity index (χ4n) is 3.19. The van der Waals surface area contributed by atoms with Crippen molar-refractivity contribution in [3.05, 3.63) is 48.3 Å². The molecule has 0 aromatic heterocycles. The number of esters is 2.